The average molecular weight is 195 g/mol. The first-order chi connectivity index (χ1) is 6.56. The van der Waals surface area contributed by atoms with Crippen LogP contribution in [0.3, 0.4) is 0 Å². The Morgan fingerprint density at radius 1 is 1.43 bits per heavy atom. The molecule has 0 radical (unpaired) electrons. The standard InChI is InChI=1S/C9H17N5/c1-9(2,3)10-6-8-11-12-13-14(8)7-4-5-7/h7,10H,4-6H2,1-3H3. The molecule has 1 aromatic heterocycles. The van der Waals surface area contributed by atoms with Crippen LogP contribution in [0.1, 0.15) is 45.5 Å². The summed E-state index contributed by atoms with van der Waals surface area (Å²) < 4.78 is 1.94. The Bertz CT molecular complexity index is 307. The Balaban J connectivity index is 1.98. The largest absolute Gasteiger partial charge is 0.305 e. The molecule has 2 rings (SSSR count). The summed E-state index contributed by atoms with van der Waals surface area (Å²) in [6.07, 6.45) is 2.43. The number of hydrogen-bond acceptors (Lipinski definition) is 4. The number of hydrogen-bond donors (Lipinski definition) is 1. The fourth-order valence-corrected chi connectivity index (χ4v) is 1.28. The summed E-state index contributed by atoms with van der Waals surface area (Å²) in [4.78, 5) is 0. The lowest BCUT2D eigenvalue weighted by molar-refractivity contribution is 0.408. The molecule has 1 saturated carbocycles. The predicted octanol–water partition coefficient (Wildman–Crippen LogP) is 0.896. The van der Waals surface area contributed by atoms with Crippen LogP contribution in [0.4, 0.5) is 0 Å². The van der Waals surface area contributed by atoms with Crippen LogP contribution in [0.5, 0.6) is 0 Å². The molecule has 1 aliphatic carbocycles. The summed E-state index contributed by atoms with van der Waals surface area (Å²) in [5, 5.41) is 15.1. The molecular weight excluding hydrogens is 178 g/mol. The Morgan fingerprint density at radius 3 is 2.71 bits per heavy atom. The van der Waals surface area contributed by atoms with Crippen LogP contribution >= 0.6 is 0 Å². The summed E-state index contributed by atoms with van der Waals surface area (Å²) in [6, 6.07) is 0.557. The van der Waals surface area contributed by atoms with Crippen LogP contribution in [-0.2, 0) is 6.54 Å². The fourth-order valence-electron chi connectivity index (χ4n) is 1.28. The van der Waals surface area contributed by atoms with E-state index in [9.17, 15) is 0 Å². The second kappa shape index (κ2) is 3.31. The van der Waals surface area contributed by atoms with Gasteiger partial charge in [-0.2, -0.15) is 0 Å². The summed E-state index contributed by atoms with van der Waals surface area (Å²) in [5.74, 6) is 0.947. The molecule has 1 aromatic rings. The molecule has 0 amide bonds. The van der Waals surface area contributed by atoms with Gasteiger partial charge in [0.25, 0.3) is 0 Å². The molecule has 0 atom stereocenters. The molecule has 0 saturated heterocycles. The molecular formula is C9H17N5. The third-order valence-electron chi connectivity index (χ3n) is 2.23. The highest BCUT2D eigenvalue weighted by Crippen LogP contribution is 2.34. The molecule has 5 nitrogen and oxygen atoms in total. The first kappa shape index (κ1) is 9.58. The van der Waals surface area contributed by atoms with E-state index < -0.39 is 0 Å². The van der Waals surface area contributed by atoms with Crippen LogP contribution < -0.4 is 5.32 Å². The van der Waals surface area contributed by atoms with Gasteiger partial charge in [-0.15, -0.1) is 5.10 Å². The third kappa shape index (κ3) is 2.29. The van der Waals surface area contributed by atoms with Crippen molar-refractivity contribution in [2.24, 2.45) is 0 Å². The van der Waals surface area contributed by atoms with E-state index >= 15 is 0 Å². The SMILES string of the molecule is CC(C)(C)NCc1nnnn1C1CC1. The molecule has 0 aliphatic heterocycles. The Kier molecular flexibility index (Phi) is 2.26. The molecule has 1 aliphatic rings. The molecule has 0 unspecified atom stereocenters. The zero-order valence-corrected chi connectivity index (χ0v) is 8.99. The zero-order chi connectivity index (χ0) is 10.2. The topological polar surface area (TPSA) is 55.6 Å². The van der Waals surface area contributed by atoms with Crippen molar-refractivity contribution in [3.05, 3.63) is 5.82 Å². The van der Waals surface area contributed by atoms with Crippen molar-refractivity contribution >= 4 is 0 Å². The second-order valence-electron chi connectivity index (χ2n) is 4.87. The van der Waals surface area contributed by atoms with Gasteiger partial charge in [0.1, 0.15) is 0 Å². The minimum absolute atomic E-state index is 0.111. The van der Waals surface area contributed by atoms with Gasteiger partial charge >= 0.3 is 0 Å². The highest BCUT2D eigenvalue weighted by atomic mass is 15.6. The van der Waals surface area contributed by atoms with Crippen molar-refractivity contribution in [3.8, 4) is 0 Å². The lowest BCUT2D eigenvalue weighted by Crippen LogP contribution is -2.36. The van der Waals surface area contributed by atoms with Gasteiger partial charge in [-0.05, 0) is 44.0 Å². The van der Waals surface area contributed by atoms with E-state index in [1.54, 1.807) is 0 Å². The van der Waals surface area contributed by atoms with E-state index in [1.807, 2.05) is 4.68 Å². The van der Waals surface area contributed by atoms with Crippen LogP contribution in [0.25, 0.3) is 0 Å². The zero-order valence-electron chi connectivity index (χ0n) is 8.99. The minimum Gasteiger partial charge on any atom is -0.305 e. The van der Waals surface area contributed by atoms with Gasteiger partial charge in [-0.25, -0.2) is 4.68 Å². The van der Waals surface area contributed by atoms with Gasteiger partial charge in [-0.1, -0.05) is 0 Å². The molecule has 5 heteroatoms. The van der Waals surface area contributed by atoms with Gasteiger partial charge in [0.15, 0.2) is 5.82 Å². The van der Waals surface area contributed by atoms with Crippen LogP contribution in [0, 0.1) is 0 Å². The highest BCUT2D eigenvalue weighted by Gasteiger charge is 2.27. The average Bonchev–Trinajstić information content (AvgIpc) is 2.81. The Hall–Kier alpha value is -0.970. The smallest absolute Gasteiger partial charge is 0.165 e. The molecule has 1 heterocycles. The predicted molar refractivity (Wildman–Crippen MR) is 52.7 cm³/mol. The summed E-state index contributed by atoms with van der Waals surface area (Å²) in [5.41, 5.74) is 0.111. The first-order valence-electron chi connectivity index (χ1n) is 5.08. The lowest BCUT2D eigenvalue weighted by Gasteiger charge is -2.19. The van der Waals surface area contributed by atoms with Crippen molar-refractivity contribution in [2.45, 2.75) is 51.7 Å². The summed E-state index contributed by atoms with van der Waals surface area (Å²) in [6.45, 7) is 7.15. The quantitative estimate of drug-likeness (QED) is 0.778. The van der Waals surface area contributed by atoms with E-state index in [1.165, 1.54) is 12.8 Å². The molecule has 0 bridgehead atoms. The fraction of sp³-hybridized carbons (Fsp3) is 0.889. The monoisotopic (exact) mass is 195 g/mol. The Labute approximate surface area is 83.9 Å². The van der Waals surface area contributed by atoms with Gasteiger partial charge in [0.2, 0.25) is 0 Å². The Morgan fingerprint density at radius 2 is 2.14 bits per heavy atom. The van der Waals surface area contributed by atoms with Crippen molar-refractivity contribution in [1.82, 2.24) is 25.5 Å². The summed E-state index contributed by atoms with van der Waals surface area (Å²) >= 11 is 0. The normalized spacial score (nSPS) is 17.4. The van der Waals surface area contributed by atoms with Gasteiger partial charge in [0, 0.05) is 5.54 Å². The van der Waals surface area contributed by atoms with E-state index in [0.29, 0.717) is 6.04 Å². The number of nitrogens with zero attached hydrogens (tertiary/aromatic N) is 4. The van der Waals surface area contributed by atoms with Crippen LogP contribution in [0.15, 0.2) is 0 Å². The third-order valence-corrected chi connectivity index (χ3v) is 2.23. The maximum Gasteiger partial charge on any atom is 0.165 e. The molecule has 0 spiro atoms. The molecule has 1 N–H and O–H groups in total. The van der Waals surface area contributed by atoms with Crippen molar-refractivity contribution < 1.29 is 0 Å². The van der Waals surface area contributed by atoms with E-state index in [2.05, 4.69) is 41.6 Å². The molecule has 0 aromatic carbocycles. The molecule has 78 valence electrons. The van der Waals surface area contributed by atoms with Crippen molar-refractivity contribution in [1.29, 1.82) is 0 Å². The van der Waals surface area contributed by atoms with Gasteiger partial charge in [0.05, 0.1) is 12.6 Å². The van der Waals surface area contributed by atoms with Crippen LogP contribution in [0.2, 0.25) is 0 Å². The van der Waals surface area contributed by atoms with E-state index in [0.717, 1.165) is 12.4 Å². The maximum atomic E-state index is 4.02. The first-order valence-corrected chi connectivity index (χ1v) is 5.08. The van der Waals surface area contributed by atoms with Crippen molar-refractivity contribution in [3.63, 3.8) is 0 Å². The number of aromatic nitrogens is 4. The highest BCUT2D eigenvalue weighted by molar-refractivity contribution is 4.90. The number of nitrogens with one attached hydrogen (secondary N) is 1. The number of rotatable bonds is 3. The van der Waals surface area contributed by atoms with E-state index in [4.69, 9.17) is 0 Å². The number of tetrazole rings is 1. The lowest BCUT2D eigenvalue weighted by atomic mass is 10.1. The van der Waals surface area contributed by atoms with Gasteiger partial charge < -0.3 is 5.32 Å². The van der Waals surface area contributed by atoms with Gasteiger partial charge in [-0.3, -0.25) is 0 Å². The van der Waals surface area contributed by atoms with E-state index in [-0.39, 0.29) is 5.54 Å². The van der Waals surface area contributed by atoms with Crippen molar-refractivity contribution in [2.75, 3.05) is 0 Å². The summed E-state index contributed by atoms with van der Waals surface area (Å²) in [7, 11) is 0. The molecule has 14 heavy (non-hydrogen) atoms. The maximum absolute atomic E-state index is 4.02. The molecule has 1 fully saturated rings. The van der Waals surface area contributed by atoms with Crippen LogP contribution in [-0.4, -0.2) is 25.7 Å². The minimum atomic E-state index is 0.111. The second-order valence-corrected chi connectivity index (χ2v) is 4.87.